The maximum Gasteiger partial charge on any atom is 0.255 e. The van der Waals surface area contributed by atoms with Crippen LogP contribution in [0.5, 0.6) is 0 Å². The number of carbonyl (C=O) groups excluding carboxylic acids is 1. The zero-order chi connectivity index (χ0) is 15.1. The lowest BCUT2D eigenvalue weighted by Gasteiger charge is -2.25. The van der Waals surface area contributed by atoms with Gasteiger partial charge in [-0.25, -0.2) is 0 Å². The van der Waals surface area contributed by atoms with Gasteiger partial charge in [-0.3, -0.25) is 4.79 Å². The molecule has 0 radical (unpaired) electrons. The van der Waals surface area contributed by atoms with Crippen LogP contribution in [0.1, 0.15) is 48.9 Å². The fourth-order valence-electron chi connectivity index (χ4n) is 2.13. The van der Waals surface area contributed by atoms with Crippen LogP contribution < -0.4 is 5.73 Å². The summed E-state index contributed by atoms with van der Waals surface area (Å²) in [7, 11) is 0. The monoisotopic (exact) mass is 278 g/mol. The van der Waals surface area contributed by atoms with Crippen molar-refractivity contribution in [2.45, 2.75) is 40.5 Å². The molecule has 0 aliphatic carbocycles. The average molecular weight is 278 g/mol. The summed E-state index contributed by atoms with van der Waals surface area (Å²) >= 11 is 0. The van der Waals surface area contributed by atoms with Crippen LogP contribution >= 0.6 is 0 Å². The first-order valence-electron chi connectivity index (χ1n) is 7.32. The van der Waals surface area contributed by atoms with Crippen molar-refractivity contribution in [3.8, 4) is 0 Å². The maximum atomic E-state index is 12.7. The van der Waals surface area contributed by atoms with Gasteiger partial charge in [0.25, 0.3) is 5.91 Å². The summed E-state index contributed by atoms with van der Waals surface area (Å²) in [5.74, 6) is 0.472. The Balaban J connectivity index is 3.00. The fourth-order valence-corrected chi connectivity index (χ4v) is 2.13. The molecule has 1 aromatic rings. The Bertz CT molecular complexity index is 445. The van der Waals surface area contributed by atoms with Crippen molar-refractivity contribution in [2.24, 2.45) is 11.7 Å². The Labute approximate surface area is 121 Å². The number of carbonyl (C=O) groups is 1. The molecule has 1 heterocycles. The third-order valence-corrected chi connectivity index (χ3v) is 3.06. The van der Waals surface area contributed by atoms with E-state index in [-0.39, 0.29) is 5.91 Å². The molecule has 1 amide bonds. The van der Waals surface area contributed by atoms with Crippen molar-refractivity contribution in [3.05, 3.63) is 23.0 Å². The SMILES string of the molecule is CCc1nnc(C)cc1C(=O)N(CCCN)CC(C)C. The summed E-state index contributed by atoms with van der Waals surface area (Å²) in [6.07, 6.45) is 1.53. The quantitative estimate of drug-likeness (QED) is 0.825. The van der Waals surface area contributed by atoms with Gasteiger partial charge in [-0.2, -0.15) is 10.2 Å². The predicted octanol–water partition coefficient (Wildman–Crippen LogP) is 1.79. The highest BCUT2D eigenvalue weighted by atomic mass is 16.2. The summed E-state index contributed by atoms with van der Waals surface area (Å²) in [4.78, 5) is 14.6. The molecule has 5 heteroatoms. The second-order valence-electron chi connectivity index (χ2n) is 5.49. The Morgan fingerprint density at radius 1 is 1.40 bits per heavy atom. The number of aryl methyl sites for hydroxylation is 2. The molecule has 0 fully saturated rings. The molecule has 0 bridgehead atoms. The van der Waals surface area contributed by atoms with E-state index in [1.807, 2.05) is 24.8 Å². The molecule has 0 atom stereocenters. The highest BCUT2D eigenvalue weighted by molar-refractivity contribution is 5.95. The van der Waals surface area contributed by atoms with Crippen LogP contribution in [0.4, 0.5) is 0 Å². The second-order valence-corrected chi connectivity index (χ2v) is 5.49. The molecule has 0 aromatic carbocycles. The summed E-state index contributed by atoms with van der Waals surface area (Å²) in [5.41, 5.74) is 7.78. The van der Waals surface area contributed by atoms with Gasteiger partial charge in [0.05, 0.1) is 17.0 Å². The average Bonchev–Trinajstić information content (AvgIpc) is 2.42. The van der Waals surface area contributed by atoms with Crippen molar-refractivity contribution < 1.29 is 4.79 Å². The van der Waals surface area contributed by atoms with Crippen LogP contribution in [0.3, 0.4) is 0 Å². The predicted molar refractivity (Wildman–Crippen MR) is 80.6 cm³/mol. The van der Waals surface area contributed by atoms with Crippen LogP contribution in [-0.4, -0.2) is 40.6 Å². The first-order chi connectivity index (χ1) is 9.49. The second kappa shape index (κ2) is 7.94. The number of nitrogens with two attached hydrogens (primary N) is 1. The van der Waals surface area contributed by atoms with E-state index in [4.69, 9.17) is 5.73 Å². The van der Waals surface area contributed by atoms with Crippen LogP contribution in [0, 0.1) is 12.8 Å². The highest BCUT2D eigenvalue weighted by Gasteiger charge is 2.20. The van der Waals surface area contributed by atoms with E-state index >= 15 is 0 Å². The van der Waals surface area contributed by atoms with E-state index in [1.165, 1.54) is 0 Å². The molecule has 1 aromatic heterocycles. The molecule has 0 unspecified atom stereocenters. The largest absolute Gasteiger partial charge is 0.338 e. The summed E-state index contributed by atoms with van der Waals surface area (Å²) in [6, 6.07) is 1.84. The minimum Gasteiger partial charge on any atom is -0.338 e. The molecule has 0 saturated heterocycles. The van der Waals surface area contributed by atoms with Crippen LogP contribution in [0.15, 0.2) is 6.07 Å². The molecule has 112 valence electrons. The van der Waals surface area contributed by atoms with Gasteiger partial charge in [0.2, 0.25) is 0 Å². The minimum absolute atomic E-state index is 0.0435. The number of rotatable bonds is 7. The Kier molecular flexibility index (Phi) is 6.58. The Morgan fingerprint density at radius 2 is 2.10 bits per heavy atom. The van der Waals surface area contributed by atoms with Gasteiger partial charge in [-0.1, -0.05) is 20.8 Å². The number of hydrogen-bond acceptors (Lipinski definition) is 4. The highest BCUT2D eigenvalue weighted by Crippen LogP contribution is 2.13. The summed E-state index contributed by atoms with van der Waals surface area (Å²) in [6.45, 7) is 10.1. The lowest BCUT2D eigenvalue weighted by atomic mass is 10.1. The number of aromatic nitrogens is 2. The van der Waals surface area contributed by atoms with E-state index in [2.05, 4.69) is 24.0 Å². The smallest absolute Gasteiger partial charge is 0.255 e. The lowest BCUT2D eigenvalue weighted by molar-refractivity contribution is 0.0733. The molecular formula is C15H26N4O. The van der Waals surface area contributed by atoms with Crippen LogP contribution in [0.2, 0.25) is 0 Å². The van der Waals surface area contributed by atoms with Crippen molar-refractivity contribution in [1.29, 1.82) is 0 Å². The number of amides is 1. The fraction of sp³-hybridized carbons (Fsp3) is 0.667. The van der Waals surface area contributed by atoms with E-state index in [0.717, 1.165) is 24.4 Å². The number of hydrogen-bond donors (Lipinski definition) is 1. The van der Waals surface area contributed by atoms with Gasteiger partial charge in [-0.15, -0.1) is 0 Å². The van der Waals surface area contributed by atoms with E-state index < -0.39 is 0 Å². The molecule has 1 rings (SSSR count). The lowest BCUT2D eigenvalue weighted by Crippen LogP contribution is -2.36. The third-order valence-electron chi connectivity index (χ3n) is 3.06. The Morgan fingerprint density at radius 3 is 2.65 bits per heavy atom. The molecule has 5 nitrogen and oxygen atoms in total. The molecule has 0 aliphatic rings. The molecular weight excluding hydrogens is 252 g/mol. The topological polar surface area (TPSA) is 72.1 Å². The minimum atomic E-state index is 0.0435. The van der Waals surface area contributed by atoms with E-state index in [1.54, 1.807) is 0 Å². The van der Waals surface area contributed by atoms with Gasteiger partial charge in [0, 0.05) is 13.1 Å². The number of nitrogens with zero attached hydrogens (tertiary/aromatic N) is 3. The normalized spacial score (nSPS) is 10.9. The summed E-state index contributed by atoms with van der Waals surface area (Å²) < 4.78 is 0. The van der Waals surface area contributed by atoms with Gasteiger partial charge >= 0.3 is 0 Å². The van der Waals surface area contributed by atoms with Crippen LogP contribution in [-0.2, 0) is 6.42 Å². The van der Waals surface area contributed by atoms with Crippen molar-refractivity contribution in [3.63, 3.8) is 0 Å². The molecule has 0 spiro atoms. The summed E-state index contributed by atoms with van der Waals surface area (Å²) in [5, 5.41) is 8.17. The van der Waals surface area contributed by atoms with Crippen molar-refractivity contribution in [2.75, 3.05) is 19.6 Å². The third kappa shape index (κ3) is 4.56. The molecule has 0 saturated carbocycles. The molecule has 20 heavy (non-hydrogen) atoms. The van der Waals surface area contributed by atoms with E-state index in [0.29, 0.717) is 31.0 Å². The Hall–Kier alpha value is -1.49. The van der Waals surface area contributed by atoms with Gasteiger partial charge in [-0.05, 0) is 38.3 Å². The van der Waals surface area contributed by atoms with Crippen molar-refractivity contribution >= 4 is 5.91 Å². The zero-order valence-electron chi connectivity index (χ0n) is 13.0. The first kappa shape index (κ1) is 16.6. The molecule has 0 aliphatic heterocycles. The van der Waals surface area contributed by atoms with E-state index in [9.17, 15) is 4.79 Å². The molecule has 2 N–H and O–H groups in total. The first-order valence-corrected chi connectivity index (χ1v) is 7.32. The van der Waals surface area contributed by atoms with Crippen LogP contribution in [0.25, 0.3) is 0 Å². The van der Waals surface area contributed by atoms with Gasteiger partial charge in [0.1, 0.15) is 0 Å². The van der Waals surface area contributed by atoms with Gasteiger partial charge < -0.3 is 10.6 Å². The maximum absolute atomic E-state index is 12.7. The zero-order valence-corrected chi connectivity index (χ0v) is 13.0. The standard InChI is InChI=1S/C15H26N4O/c1-5-14-13(9-12(4)17-18-14)15(20)19(8-6-7-16)10-11(2)3/h9,11H,5-8,10,16H2,1-4H3. The van der Waals surface area contributed by atoms with Gasteiger partial charge in [0.15, 0.2) is 0 Å². The van der Waals surface area contributed by atoms with Crippen molar-refractivity contribution in [1.82, 2.24) is 15.1 Å².